The van der Waals surface area contributed by atoms with Crippen LogP contribution >= 0.6 is 0 Å². The van der Waals surface area contributed by atoms with Crippen molar-refractivity contribution >= 4 is 5.78 Å². The highest BCUT2D eigenvalue weighted by atomic mass is 19.4. The Labute approximate surface area is 91.3 Å². The van der Waals surface area contributed by atoms with E-state index in [-0.39, 0.29) is 5.56 Å². The van der Waals surface area contributed by atoms with Crippen LogP contribution in [0.5, 0.6) is 0 Å². The first-order valence-electron chi connectivity index (χ1n) is 4.68. The van der Waals surface area contributed by atoms with Gasteiger partial charge in [-0.05, 0) is 12.5 Å². The van der Waals surface area contributed by atoms with Crippen molar-refractivity contribution in [3.8, 4) is 0 Å². The molecule has 1 rings (SSSR count). The van der Waals surface area contributed by atoms with E-state index in [4.69, 9.17) is 5.73 Å². The number of hydrogen-bond donors (Lipinski definition) is 1. The fourth-order valence-corrected chi connectivity index (χ4v) is 1.49. The Hall–Kier alpha value is -1.36. The van der Waals surface area contributed by atoms with Crippen molar-refractivity contribution in [3.05, 3.63) is 35.9 Å². The standard InChI is InChI=1S/C11H12F3NO/c1-8(16)7-10(15,11(12,13)14)9-5-3-2-4-6-9/h2-6H,7,15H2,1H3/t10-/m0/s1. The SMILES string of the molecule is CC(=O)C[C@](N)(c1ccccc1)C(F)(F)F. The molecule has 16 heavy (non-hydrogen) atoms. The molecule has 0 aromatic heterocycles. The Morgan fingerprint density at radius 1 is 1.25 bits per heavy atom. The molecule has 2 N–H and O–H groups in total. The molecule has 1 aromatic rings. The van der Waals surface area contributed by atoms with Gasteiger partial charge in [0.25, 0.3) is 0 Å². The number of Topliss-reactive ketones (excluding diaryl/α,β-unsaturated/α-hetero) is 1. The first kappa shape index (κ1) is 12.7. The number of hydrogen-bond acceptors (Lipinski definition) is 2. The lowest BCUT2D eigenvalue weighted by Gasteiger charge is -2.31. The molecule has 0 fully saturated rings. The number of alkyl halides is 3. The Morgan fingerprint density at radius 2 is 1.75 bits per heavy atom. The second-order valence-electron chi connectivity index (χ2n) is 3.71. The maximum Gasteiger partial charge on any atom is 0.411 e. The fraction of sp³-hybridized carbons (Fsp3) is 0.364. The summed E-state index contributed by atoms with van der Waals surface area (Å²) in [5.74, 6) is -0.594. The maximum atomic E-state index is 12.9. The molecule has 0 saturated carbocycles. The number of carbonyl (C=O) groups excluding carboxylic acids is 1. The Kier molecular flexibility index (Phi) is 3.38. The minimum atomic E-state index is -4.65. The van der Waals surface area contributed by atoms with Crippen LogP contribution in [0.3, 0.4) is 0 Å². The van der Waals surface area contributed by atoms with Crippen LogP contribution in [0.1, 0.15) is 18.9 Å². The molecule has 0 saturated heterocycles. The van der Waals surface area contributed by atoms with Gasteiger partial charge >= 0.3 is 6.18 Å². The summed E-state index contributed by atoms with van der Waals surface area (Å²) in [6, 6.07) is 7.06. The molecule has 1 atom stereocenters. The zero-order valence-electron chi connectivity index (χ0n) is 8.71. The second kappa shape index (κ2) is 4.25. The number of rotatable bonds is 3. The van der Waals surface area contributed by atoms with E-state index in [1.165, 1.54) is 24.3 Å². The van der Waals surface area contributed by atoms with Crippen molar-refractivity contribution in [2.75, 3.05) is 0 Å². The van der Waals surface area contributed by atoms with Crippen molar-refractivity contribution < 1.29 is 18.0 Å². The summed E-state index contributed by atoms with van der Waals surface area (Å²) in [6.07, 6.45) is -5.40. The van der Waals surface area contributed by atoms with Gasteiger partial charge in [0.2, 0.25) is 0 Å². The van der Waals surface area contributed by atoms with Crippen LogP contribution in [0.4, 0.5) is 13.2 Å². The first-order chi connectivity index (χ1) is 7.27. The lowest BCUT2D eigenvalue weighted by molar-refractivity contribution is -0.192. The highest BCUT2D eigenvalue weighted by Gasteiger charge is 2.53. The van der Waals surface area contributed by atoms with E-state index >= 15 is 0 Å². The van der Waals surface area contributed by atoms with E-state index in [2.05, 4.69) is 0 Å². The lowest BCUT2D eigenvalue weighted by Crippen LogP contribution is -2.51. The molecule has 0 spiro atoms. The molecule has 5 heteroatoms. The monoisotopic (exact) mass is 231 g/mol. The summed E-state index contributed by atoms with van der Waals surface area (Å²) >= 11 is 0. The molecule has 88 valence electrons. The summed E-state index contributed by atoms with van der Waals surface area (Å²) in [5.41, 5.74) is 2.66. The van der Waals surface area contributed by atoms with Crippen molar-refractivity contribution in [3.63, 3.8) is 0 Å². The molecule has 0 heterocycles. The Morgan fingerprint density at radius 3 is 2.12 bits per heavy atom. The van der Waals surface area contributed by atoms with E-state index < -0.39 is 23.9 Å². The predicted octanol–water partition coefficient (Wildman–Crippen LogP) is 2.38. The van der Waals surface area contributed by atoms with E-state index in [0.717, 1.165) is 6.92 Å². The van der Waals surface area contributed by atoms with Crippen molar-refractivity contribution in [1.29, 1.82) is 0 Å². The molecule has 2 nitrogen and oxygen atoms in total. The summed E-state index contributed by atoms with van der Waals surface area (Å²) in [4.78, 5) is 10.9. The highest BCUT2D eigenvalue weighted by molar-refractivity contribution is 5.77. The maximum absolute atomic E-state index is 12.9. The zero-order valence-corrected chi connectivity index (χ0v) is 8.71. The van der Waals surface area contributed by atoms with E-state index in [1.54, 1.807) is 6.07 Å². The molecule has 1 aromatic carbocycles. The smallest absolute Gasteiger partial charge is 0.314 e. The molecular weight excluding hydrogens is 219 g/mol. The number of benzene rings is 1. The van der Waals surface area contributed by atoms with E-state index in [9.17, 15) is 18.0 Å². The Bertz CT molecular complexity index is 375. The average Bonchev–Trinajstić information content (AvgIpc) is 2.16. The minimum Gasteiger partial charge on any atom is -0.314 e. The highest BCUT2D eigenvalue weighted by Crippen LogP contribution is 2.39. The first-order valence-corrected chi connectivity index (χ1v) is 4.68. The fourth-order valence-electron chi connectivity index (χ4n) is 1.49. The normalized spacial score (nSPS) is 15.6. The molecule has 0 aliphatic rings. The van der Waals surface area contributed by atoms with Gasteiger partial charge in [0.1, 0.15) is 11.3 Å². The number of carbonyl (C=O) groups is 1. The van der Waals surface area contributed by atoms with E-state index in [0.29, 0.717) is 0 Å². The lowest BCUT2D eigenvalue weighted by atomic mass is 9.85. The molecule has 0 aliphatic carbocycles. The zero-order chi connectivity index (χ0) is 12.4. The third-order valence-corrected chi connectivity index (χ3v) is 2.32. The van der Waals surface area contributed by atoms with Gasteiger partial charge in [-0.2, -0.15) is 13.2 Å². The van der Waals surface area contributed by atoms with E-state index in [1.807, 2.05) is 0 Å². The van der Waals surface area contributed by atoms with Crippen LogP contribution < -0.4 is 5.73 Å². The van der Waals surface area contributed by atoms with Gasteiger partial charge in [-0.1, -0.05) is 30.3 Å². The van der Waals surface area contributed by atoms with Crippen LogP contribution in [-0.2, 0) is 10.3 Å². The molecule has 0 bridgehead atoms. The van der Waals surface area contributed by atoms with Gasteiger partial charge in [-0.3, -0.25) is 4.79 Å². The summed E-state index contributed by atoms with van der Waals surface area (Å²) in [5, 5.41) is 0. The van der Waals surface area contributed by atoms with Crippen LogP contribution in [0, 0.1) is 0 Å². The predicted molar refractivity (Wildman–Crippen MR) is 53.7 cm³/mol. The van der Waals surface area contributed by atoms with Crippen LogP contribution in [0.25, 0.3) is 0 Å². The number of ketones is 1. The van der Waals surface area contributed by atoms with Gasteiger partial charge in [0, 0.05) is 6.42 Å². The van der Waals surface area contributed by atoms with Gasteiger partial charge < -0.3 is 5.73 Å². The van der Waals surface area contributed by atoms with Crippen LogP contribution in [0.15, 0.2) is 30.3 Å². The summed E-state index contributed by atoms with van der Waals surface area (Å²) < 4.78 is 38.6. The van der Waals surface area contributed by atoms with Gasteiger partial charge in [0.05, 0.1) is 0 Å². The molecule has 0 amide bonds. The summed E-state index contributed by atoms with van der Waals surface area (Å²) in [7, 11) is 0. The quantitative estimate of drug-likeness (QED) is 0.867. The largest absolute Gasteiger partial charge is 0.411 e. The minimum absolute atomic E-state index is 0.0994. The topological polar surface area (TPSA) is 43.1 Å². The number of halogens is 3. The molecule has 0 aliphatic heterocycles. The summed E-state index contributed by atoms with van der Waals surface area (Å²) in [6.45, 7) is 1.09. The van der Waals surface area contributed by atoms with Gasteiger partial charge in [0.15, 0.2) is 0 Å². The molecule has 0 unspecified atom stereocenters. The third kappa shape index (κ3) is 2.41. The third-order valence-electron chi connectivity index (χ3n) is 2.32. The van der Waals surface area contributed by atoms with Crippen molar-refractivity contribution in [2.45, 2.75) is 25.1 Å². The average molecular weight is 231 g/mol. The molecular formula is C11H12F3NO. The van der Waals surface area contributed by atoms with Crippen molar-refractivity contribution in [2.24, 2.45) is 5.73 Å². The Balaban J connectivity index is 3.21. The molecule has 0 radical (unpaired) electrons. The van der Waals surface area contributed by atoms with Gasteiger partial charge in [-0.15, -0.1) is 0 Å². The van der Waals surface area contributed by atoms with Crippen molar-refractivity contribution in [1.82, 2.24) is 0 Å². The number of nitrogens with two attached hydrogens (primary N) is 1. The van der Waals surface area contributed by atoms with Crippen LogP contribution in [-0.4, -0.2) is 12.0 Å². The second-order valence-corrected chi connectivity index (χ2v) is 3.71. The van der Waals surface area contributed by atoms with Crippen LogP contribution in [0.2, 0.25) is 0 Å². The van der Waals surface area contributed by atoms with Gasteiger partial charge in [-0.25, -0.2) is 0 Å².